The zero-order chi connectivity index (χ0) is 17.5. The Labute approximate surface area is 152 Å². The predicted octanol–water partition coefficient (Wildman–Crippen LogP) is 3.23. The first-order valence-electron chi connectivity index (χ1n) is 7.21. The number of carbonyl (C=O) groups is 1. The smallest absolute Gasteiger partial charge is 0.244 e. The van der Waals surface area contributed by atoms with E-state index in [1.165, 1.54) is 18.3 Å². The van der Waals surface area contributed by atoms with Gasteiger partial charge < -0.3 is 9.84 Å². The third-order valence-electron chi connectivity index (χ3n) is 3.03. The number of hydrazone groups is 1. The summed E-state index contributed by atoms with van der Waals surface area (Å²) in [5, 5.41) is 13.8. The average molecular weight is 442 g/mol. The highest BCUT2D eigenvalue weighted by atomic mass is 127. The lowest BCUT2D eigenvalue weighted by Gasteiger charge is -2.08. The quantitative estimate of drug-likeness (QED) is 0.410. The van der Waals surface area contributed by atoms with Crippen molar-refractivity contribution in [3.63, 3.8) is 0 Å². The standard InChI is InChI=1S/C17H16FIN2O3/c1-2-24-15-8-12(7-14(19)17(15)23)10-20-21-16(22)9-11-3-5-13(18)6-4-11/h3-8,10,23H,2,9H2,1H3,(H,21,22)/b20-10+. The second-order valence-electron chi connectivity index (χ2n) is 4.88. The van der Waals surface area contributed by atoms with Crippen molar-refractivity contribution >= 4 is 34.7 Å². The summed E-state index contributed by atoms with van der Waals surface area (Å²) in [5.41, 5.74) is 3.79. The van der Waals surface area contributed by atoms with Crippen LogP contribution in [0.5, 0.6) is 11.5 Å². The molecule has 7 heteroatoms. The van der Waals surface area contributed by atoms with Crippen molar-refractivity contribution in [3.8, 4) is 11.5 Å². The van der Waals surface area contributed by atoms with Crippen molar-refractivity contribution in [2.75, 3.05) is 6.61 Å². The van der Waals surface area contributed by atoms with Crippen LogP contribution in [-0.4, -0.2) is 23.8 Å². The SMILES string of the molecule is CCOc1cc(/C=N/NC(=O)Cc2ccc(F)cc2)cc(I)c1O. The Balaban J connectivity index is 1.98. The van der Waals surface area contributed by atoms with E-state index < -0.39 is 0 Å². The molecule has 1 amide bonds. The summed E-state index contributed by atoms with van der Waals surface area (Å²) in [4.78, 5) is 11.8. The van der Waals surface area contributed by atoms with Crippen LogP contribution in [0.15, 0.2) is 41.5 Å². The van der Waals surface area contributed by atoms with Crippen molar-refractivity contribution in [3.05, 3.63) is 56.9 Å². The Morgan fingerprint density at radius 2 is 2.08 bits per heavy atom. The molecule has 2 N–H and O–H groups in total. The molecule has 0 aliphatic rings. The van der Waals surface area contributed by atoms with Gasteiger partial charge in [-0.25, -0.2) is 9.82 Å². The molecule has 126 valence electrons. The number of amides is 1. The number of hydrogen-bond acceptors (Lipinski definition) is 4. The van der Waals surface area contributed by atoms with Gasteiger partial charge in [-0.15, -0.1) is 0 Å². The fraction of sp³-hybridized carbons (Fsp3) is 0.176. The van der Waals surface area contributed by atoms with Gasteiger partial charge in [-0.2, -0.15) is 5.10 Å². The number of nitrogens with one attached hydrogen (secondary N) is 1. The van der Waals surface area contributed by atoms with Crippen LogP contribution in [0.25, 0.3) is 0 Å². The fourth-order valence-electron chi connectivity index (χ4n) is 1.94. The number of phenolic OH excluding ortho intramolecular Hbond substituents is 1. The topological polar surface area (TPSA) is 70.9 Å². The summed E-state index contributed by atoms with van der Waals surface area (Å²) < 4.78 is 18.8. The van der Waals surface area contributed by atoms with Crippen molar-refractivity contribution in [2.45, 2.75) is 13.3 Å². The molecule has 2 aromatic carbocycles. The van der Waals surface area contributed by atoms with E-state index >= 15 is 0 Å². The fourth-order valence-corrected chi connectivity index (χ4v) is 2.57. The van der Waals surface area contributed by atoms with Gasteiger partial charge in [0.15, 0.2) is 11.5 Å². The van der Waals surface area contributed by atoms with Crippen LogP contribution in [0.3, 0.4) is 0 Å². The number of aromatic hydroxyl groups is 1. The van der Waals surface area contributed by atoms with Gasteiger partial charge in [-0.3, -0.25) is 4.79 Å². The first kappa shape index (κ1) is 18.2. The second kappa shape index (κ2) is 8.62. The summed E-state index contributed by atoms with van der Waals surface area (Å²) in [7, 11) is 0. The van der Waals surface area contributed by atoms with E-state index in [1.807, 2.05) is 29.5 Å². The van der Waals surface area contributed by atoms with Crippen LogP contribution in [0.1, 0.15) is 18.1 Å². The Morgan fingerprint density at radius 1 is 1.38 bits per heavy atom. The third-order valence-corrected chi connectivity index (χ3v) is 3.85. The first-order valence-corrected chi connectivity index (χ1v) is 8.29. The lowest BCUT2D eigenvalue weighted by molar-refractivity contribution is -0.120. The number of benzene rings is 2. The maximum absolute atomic E-state index is 12.8. The van der Waals surface area contributed by atoms with Crippen LogP contribution in [0.2, 0.25) is 0 Å². The monoisotopic (exact) mass is 442 g/mol. The maximum Gasteiger partial charge on any atom is 0.244 e. The number of hydrogen-bond donors (Lipinski definition) is 2. The van der Waals surface area contributed by atoms with Crippen LogP contribution < -0.4 is 10.2 Å². The van der Waals surface area contributed by atoms with E-state index in [9.17, 15) is 14.3 Å². The van der Waals surface area contributed by atoms with Crippen molar-refractivity contribution in [1.82, 2.24) is 5.43 Å². The van der Waals surface area contributed by atoms with Crippen LogP contribution >= 0.6 is 22.6 Å². The molecule has 0 saturated carbocycles. The molecule has 0 atom stereocenters. The number of halogens is 2. The van der Waals surface area contributed by atoms with E-state index in [0.29, 0.717) is 27.1 Å². The van der Waals surface area contributed by atoms with Crippen molar-refractivity contribution in [1.29, 1.82) is 0 Å². The number of phenols is 1. The summed E-state index contributed by atoms with van der Waals surface area (Å²) >= 11 is 1.99. The van der Waals surface area contributed by atoms with Gasteiger partial charge in [0.05, 0.1) is 22.8 Å². The molecule has 0 saturated heterocycles. The second-order valence-corrected chi connectivity index (χ2v) is 6.04. The summed E-state index contributed by atoms with van der Waals surface area (Å²) in [6, 6.07) is 9.06. The minimum atomic E-state index is -0.343. The molecule has 0 bridgehead atoms. The Kier molecular flexibility index (Phi) is 6.53. The number of rotatable bonds is 6. The van der Waals surface area contributed by atoms with Crippen LogP contribution in [-0.2, 0) is 11.2 Å². The van der Waals surface area contributed by atoms with Crippen LogP contribution in [0, 0.1) is 9.39 Å². The van der Waals surface area contributed by atoms with E-state index in [2.05, 4.69) is 10.5 Å². The van der Waals surface area contributed by atoms with E-state index in [-0.39, 0.29) is 23.9 Å². The van der Waals surface area contributed by atoms with Gasteiger partial charge in [0.2, 0.25) is 5.91 Å². The zero-order valence-electron chi connectivity index (χ0n) is 12.9. The lowest BCUT2D eigenvalue weighted by atomic mass is 10.1. The Hall–Kier alpha value is -2.16. The molecule has 0 aromatic heterocycles. The van der Waals surface area contributed by atoms with Crippen molar-refractivity contribution in [2.24, 2.45) is 5.10 Å². The van der Waals surface area contributed by atoms with Gasteiger partial charge in [0.25, 0.3) is 0 Å². The molecule has 0 unspecified atom stereocenters. The minimum absolute atomic E-state index is 0.0787. The molecule has 0 heterocycles. The minimum Gasteiger partial charge on any atom is -0.504 e. The number of carbonyl (C=O) groups excluding carboxylic acids is 1. The molecule has 0 fully saturated rings. The molecule has 0 radical (unpaired) electrons. The third kappa shape index (κ3) is 5.19. The summed E-state index contributed by atoms with van der Waals surface area (Å²) in [6.45, 7) is 2.25. The van der Waals surface area contributed by atoms with Gasteiger partial charge in [0.1, 0.15) is 5.82 Å². The molecular formula is C17H16FIN2O3. The predicted molar refractivity (Wildman–Crippen MR) is 97.8 cm³/mol. The number of ether oxygens (including phenoxy) is 1. The maximum atomic E-state index is 12.8. The van der Waals surface area contributed by atoms with E-state index in [1.54, 1.807) is 24.3 Å². The Bertz CT molecular complexity index is 748. The van der Waals surface area contributed by atoms with E-state index in [0.717, 1.165) is 0 Å². The zero-order valence-corrected chi connectivity index (χ0v) is 15.1. The highest BCUT2D eigenvalue weighted by Crippen LogP contribution is 2.32. The summed E-state index contributed by atoms with van der Waals surface area (Å²) in [5.74, 6) is -0.209. The molecule has 24 heavy (non-hydrogen) atoms. The van der Waals surface area contributed by atoms with E-state index in [4.69, 9.17) is 4.74 Å². The Morgan fingerprint density at radius 3 is 2.75 bits per heavy atom. The molecule has 0 aliphatic carbocycles. The largest absolute Gasteiger partial charge is 0.504 e. The normalized spacial score (nSPS) is 10.8. The number of nitrogens with zero attached hydrogens (tertiary/aromatic N) is 1. The molecule has 0 spiro atoms. The molecule has 5 nitrogen and oxygen atoms in total. The van der Waals surface area contributed by atoms with Gasteiger partial charge in [-0.1, -0.05) is 12.1 Å². The molecule has 2 rings (SSSR count). The van der Waals surface area contributed by atoms with Crippen LogP contribution in [0.4, 0.5) is 4.39 Å². The highest BCUT2D eigenvalue weighted by Gasteiger charge is 2.08. The molecule has 2 aromatic rings. The highest BCUT2D eigenvalue weighted by molar-refractivity contribution is 14.1. The van der Waals surface area contributed by atoms with Crippen molar-refractivity contribution < 1.29 is 19.0 Å². The molecular weight excluding hydrogens is 426 g/mol. The lowest BCUT2D eigenvalue weighted by Crippen LogP contribution is -2.19. The van der Waals surface area contributed by atoms with Gasteiger partial charge >= 0.3 is 0 Å². The first-order chi connectivity index (χ1) is 11.5. The van der Waals surface area contributed by atoms with Gasteiger partial charge in [-0.05, 0) is 64.9 Å². The average Bonchev–Trinajstić information content (AvgIpc) is 2.54. The molecule has 0 aliphatic heterocycles. The van der Waals surface area contributed by atoms with Gasteiger partial charge in [0, 0.05) is 0 Å². The summed E-state index contributed by atoms with van der Waals surface area (Å²) in [6.07, 6.45) is 1.57.